The first-order valence-electron chi connectivity index (χ1n) is 6.79. The summed E-state index contributed by atoms with van der Waals surface area (Å²) in [5.74, 6) is 0. The van der Waals surface area contributed by atoms with Gasteiger partial charge in [-0.1, -0.05) is 0 Å². The zero-order chi connectivity index (χ0) is 16.0. The van der Waals surface area contributed by atoms with E-state index in [2.05, 4.69) is 4.98 Å². The van der Waals surface area contributed by atoms with Gasteiger partial charge in [-0.25, -0.2) is 18.2 Å². The fraction of sp³-hybridized carbons (Fsp3) is 0.692. The maximum Gasteiger partial charge on any atom is 0.410 e. The average Bonchev–Trinajstić information content (AvgIpc) is 2.81. The summed E-state index contributed by atoms with van der Waals surface area (Å²) in [5, 5.41) is 0.0684. The molecule has 1 aromatic rings. The van der Waals surface area contributed by atoms with Crippen molar-refractivity contribution in [3.05, 3.63) is 11.4 Å². The van der Waals surface area contributed by atoms with Crippen molar-refractivity contribution in [2.24, 2.45) is 0 Å². The van der Waals surface area contributed by atoms with Crippen molar-refractivity contribution in [1.82, 2.24) is 14.5 Å². The topological polar surface area (TPSA) is 81.5 Å². The smallest absolute Gasteiger partial charge is 0.410 e. The third kappa shape index (κ3) is 3.20. The zero-order valence-electron chi connectivity index (χ0n) is 13.0. The van der Waals surface area contributed by atoms with Crippen LogP contribution >= 0.6 is 0 Å². The van der Waals surface area contributed by atoms with E-state index in [4.69, 9.17) is 4.74 Å². The molecule has 0 spiro atoms. The van der Waals surface area contributed by atoms with Gasteiger partial charge in [0.2, 0.25) is 15.0 Å². The van der Waals surface area contributed by atoms with Crippen LogP contribution in [0, 0.1) is 0 Å². The van der Waals surface area contributed by atoms with Crippen LogP contribution in [0.25, 0.3) is 0 Å². The van der Waals surface area contributed by atoms with Gasteiger partial charge in [0.05, 0.1) is 24.5 Å². The van der Waals surface area contributed by atoms with E-state index in [1.807, 2.05) is 6.92 Å². The Morgan fingerprint density at radius 2 is 1.95 bits per heavy atom. The molecule has 21 heavy (non-hydrogen) atoms. The van der Waals surface area contributed by atoms with Crippen LogP contribution in [0.5, 0.6) is 0 Å². The Kier molecular flexibility index (Phi) is 3.77. The summed E-state index contributed by atoms with van der Waals surface area (Å²) in [4.78, 5) is 17.8. The normalized spacial score (nSPS) is 15.2. The lowest BCUT2D eigenvalue weighted by molar-refractivity contribution is 0.0236. The summed E-state index contributed by atoms with van der Waals surface area (Å²) >= 11 is 0. The number of hydrogen-bond acceptors (Lipinski definition) is 5. The second kappa shape index (κ2) is 5.01. The lowest BCUT2D eigenvalue weighted by Gasteiger charge is -2.24. The minimum atomic E-state index is -3.37. The van der Waals surface area contributed by atoms with Crippen LogP contribution < -0.4 is 0 Å². The number of fused-ring (bicyclic) bond motifs is 1. The van der Waals surface area contributed by atoms with Gasteiger partial charge in [-0.3, -0.25) is 4.90 Å². The third-order valence-electron chi connectivity index (χ3n) is 3.10. The molecule has 8 heteroatoms. The first-order valence-corrected chi connectivity index (χ1v) is 8.68. The highest BCUT2D eigenvalue weighted by atomic mass is 32.2. The quantitative estimate of drug-likeness (QED) is 0.827. The average molecular weight is 315 g/mol. The van der Waals surface area contributed by atoms with E-state index >= 15 is 0 Å². The molecular formula is C13H21N3O4S. The molecule has 7 nitrogen and oxygen atoms in total. The molecular weight excluding hydrogens is 294 g/mol. The Hall–Kier alpha value is -1.57. The van der Waals surface area contributed by atoms with E-state index in [1.54, 1.807) is 25.3 Å². The second-order valence-electron chi connectivity index (χ2n) is 6.14. The van der Waals surface area contributed by atoms with Crippen LogP contribution in [0.4, 0.5) is 4.79 Å². The lowest BCUT2D eigenvalue weighted by Crippen LogP contribution is -2.34. The number of amides is 1. The van der Waals surface area contributed by atoms with Crippen LogP contribution in [0.15, 0.2) is 5.16 Å². The summed E-state index contributed by atoms with van der Waals surface area (Å²) in [5.41, 5.74) is 0.836. The summed E-state index contributed by atoms with van der Waals surface area (Å²) in [6.07, 6.45) is 0.728. The largest absolute Gasteiger partial charge is 0.444 e. The number of sulfone groups is 1. The van der Waals surface area contributed by atoms with Gasteiger partial charge in [0, 0.05) is 12.8 Å². The second-order valence-corrected chi connectivity index (χ2v) is 8.05. The van der Waals surface area contributed by atoms with Gasteiger partial charge in [0.1, 0.15) is 5.60 Å². The molecule has 0 N–H and O–H groups in total. The molecule has 118 valence electrons. The Labute approximate surface area is 124 Å². The van der Waals surface area contributed by atoms with Gasteiger partial charge in [0.15, 0.2) is 0 Å². The third-order valence-corrected chi connectivity index (χ3v) is 4.08. The van der Waals surface area contributed by atoms with Gasteiger partial charge in [-0.2, -0.15) is 0 Å². The Morgan fingerprint density at radius 3 is 2.43 bits per heavy atom. The van der Waals surface area contributed by atoms with Crippen molar-refractivity contribution in [1.29, 1.82) is 0 Å². The van der Waals surface area contributed by atoms with Crippen molar-refractivity contribution in [2.45, 2.75) is 58.1 Å². The fourth-order valence-corrected chi connectivity index (χ4v) is 3.21. The molecule has 0 aliphatic carbocycles. The van der Waals surface area contributed by atoms with E-state index in [0.29, 0.717) is 18.8 Å². The molecule has 1 aliphatic heterocycles. The molecule has 0 saturated heterocycles. The summed E-state index contributed by atoms with van der Waals surface area (Å²) in [6, 6.07) is 0. The Balaban J connectivity index is 2.25. The van der Waals surface area contributed by atoms with E-state index in [-0.39, 0.29) is 11.7 Å². The summed E-state index contributed by atoms with van der Waals surface area (Å²) in [6.45, 7) is 8.36. The molecule has 0 aromatic carbocycles. The molecule has 1 amide bonds. The monoisotopic (exact) mass is 315 g/mol. The number of rotatable bonds is 2. The molecule has 2 rings (SSSR count). The Morgan fingerprint density at radius 1 is 1.33 bits per heavy atom. The number of carbonyl (C=O) groups is 1. The van der Waals surface area contributed by atoms with Crippen LogP contribution in [0.2, 0.25) is 0 Å². The van der Waals surface area contributed by atoms with E-state index < -0.39 is 21.5 Å². The van der Waals surface area contributed by atoms with Gasteiger partial charge in [0.25, 0.3) is 0 Å². The van der Waals surface area contributed by atoms with E-state index in [1.165, 1.54) is 4.90 Å². The van der Waals surface area contributed by atoms with Crippen molar-refractivity contribution >= 4 is 15.9 Å². The SMILES string of the molecule is CCn1c(S(C)(=O)=O)nc2c1CN(C(=O)OC(C)(C)C)C2. The minimum absolute atomic E-state index is 0.0684. The van der Waals surface area contributed by atoms with Gasteiger partial charge >= 0.3 is 6.09 Å². The molecule has 1 aromatic heterocycles. The number of imidazole rings is 1. The number of hydrogen-bond donors (Lipinski definition) is 0. The standard InChI is InChI=1S/C13H21N3O4S/c1-6-16-10-8-15(12(17)20-13(2,3)4)7-9(10)14-11(16)21(5,18)19/h6-8H2,1-5H3. The van der Waals surface area contributed by atoms with Crippen LogP contribution in [0.1, 0.15) is 39.1 Å². The van der Waals surface area contributed by atoms with E-state index in [9.17, 15) is 13.2 Å². The molecule has 0 atom stereocenters. The summed E-state index contributed by atoms with van der Waals surface area (Å²) in [7, 11) is -3.37. The van der Waals surface area contributed by atoms with Crippen LogP contribution in [-0.2, 0) is 34.2 Å². The first-order chi connectivity index (χ1) is 9.53. The van der Waals surface area contributed by atoms with Gasteiger partial charge < -0.3 is 9.30 Å². The van der Waals surface area contributed by atoms with Gasteiger partial charge in [-0.15, -0.1) is 0 Å². The number of aromatic nitrogens is 2. The first kappa shape index (κ1) is 15.8. The maximum atomic E-state index is 12.1. The lowest BCUT2D eigenvalue weighted by atomic mass is 10.2. The van der Waals surface area contributed by atoms with Gasteiger partial charge in [-0.05, 0) is 27.7 Å². The highest BCUT2D eigenvalue weighted by molar-refractivity contribution is 7.90. The predicted molar refractivity (Wildman–Crippen MR) is 76.5 cm³/mol. The highest BCUT2D eigenvalue weighted by Crippen LogP contribution is 2.27. The molecule has 0 unspecified atom stereocenters. The summed E-state index contributed by atoms with van der Waals surface area (Å²) < 4.78 is 30.4. The molecule has 1 aliphatic rings. The number of carbonyl (C=O) groups excluding carboxylic acids is 1. The number of nitrogens with zero attached hydrogens (tertiary/aromatic N) is 3. The number of ether oxygens (including phenoxy) is 1. The molecule has 0 bridgehead atoms. The molecule has 0 fully saturated rings. The Bertz CT molecular complexity index is 670. The minimum Gasteiger partial charge on any atom is -0.444 e. The maximum absolute atomic E-state index is 12.1. The molecule has 0 saturated carbocycles. The fourth-order valence-electron chi connectivity index (χ4n) is 2.30. The van der Waals surface area contributed by atoms with Crippen molar-refractivity contribution in [3.8, 4) is 0 Å². The van der Waals surface area contributed by atoms with Crippen molar-refractivity contribution in [2.75, 3.05) is 6.26 Å². The molecule has 0 radical (unpaired) electrons. The van der Waals surface area contributed by atoms with Crippen molar-refractivity contribution in [3.63, 3.8) is 0 Å². The molecule has 2 heterocycles. The van der Waals surface area contributed by atoms with Crippen molar-refractivity contribution < 1.29 is 17.9 Å². The van der Waals surface area contributed by atoms with Crippen LogP contribution in [-0.4, -0.2) is 40.8 Å². The zero-order valence-corrected chi connectivity index (χ0v) is 13.8. The highest BCUT2D eigenvalue weighted by Gasteiger charge is 2.33. The predicted octanol–water partition coefficient (Wildman–Crippen LogP) is 1.56. The van der Waals surface area contributed by atoms with E-state index in [0.717, 1.165) is 11.9 Å². The van der Waals surface area contributed by atoms with Crippen LogP contribution in [0.3, 0.4) is 0 Å².